The average Bonchev–Trinajstić information content (AvgIpc) is 3.41. The Hall–Kier alpha value is -5.16. The summed E-state index contributed by atoms with van der Waals surface area (Å²) in [6, 6.07) is 97.3. The van der Waals surface area contributed by atoms with Gasteiger partial charge in [0, 0.05) is 60.5 Å². The number of benzene rings is 8. The summed E-state index contributed by atoms with van der Waals surface area (Å²) in [6.45, 7) is 3.72. The summed E-state index contributed by atoms with van der Waals surface area (Å²) in [7, 11) is -2.42. The number of pyridine rings is 2. The third kappa shape index (κ3) is 20.8. The van der Waals surface area contributed by atoms with E-state index in [1.54, 1.807) is 0 Å². The Morgan fingerprint density at radius 3 is 0.873 bits per heavy atom. The van der Waals surface area contributed by atoms with Crippen molar-refractivity contribution in [2.45, 2.75) is 0 Å². The van der Waals surface area contributed by atoms with Crippen molar-refractivity contribution < 1.29 is 34.1 Å². The van der Waals surface area contributed by atoms with Gasteiger partial charge in [-0.2, -0.15) is 24.6 Å². The molecule has 0 amide bonds. The van der Waals surface area contributed by atoms with Crippen LogP contribution in [0.15, 0.2) is 291 Å². The number of hydrogen-bond donors (Lipinski definition) is 0. The van der Waals surface area contributed by atoms with Crippen molar-refractivity contribution in [1.29, 1.82) is 0 Å². The van der Waals surface area contributed by atoms with E-state index in [1.807, 2.05) is 54.9 Å². The fourth-order valence-corrected chi connectivity index (χ4v) is 14.2. The van der Waals surface area contributed by atoms with E-state index in [9.17, 15) is 0 Å². The predicted molar refractivity (Wildman–Crippen MR) is 314 cm³/mol. The van der Waals surface area contributed by atoms with Gasteiger partial charge in [0.05, 0.1) is 18.7 Å². The Bertz CT molecular complexity index is 2220. The molecule has 0 atom stereocenters. The summed E-state index contributed by atoms with van der Waals surface area (Å²) in [4.78, 5) is 9.14. The van der Waals surface area contributed by atoms with E-state index in [2.05, 4.69) is 253 Å². The predicted octanol–water partition coefficient (Wildman–Crippen LogP) is 12.8. The number of rotatable bonds is 9. The third-order valence-corrected chi connectivity index (χ3v) is 17.7. The number of halogens is 2. The SMILES string of the molecule is ClCCl.[CH2-]c1ccccc1.[CH3-].[CH3-].[Cu].[Cu].c1ccc(P(c2ccccc2)c2ccccn2)cc1.c1ccc([PH+](c2ccccc2)c2ccccc2)cc1.c1ccc([PH+](c2ccccc2)c2ccccn2)cc1. The quantitative estimate of drug-likeness (QED) is 0.0623. The molecule has 370 valence electrons. The van der Waals surface area contributed by atoms with Crippen LogP contribution in [-0.4, -0.2) is 15.3 Å². The van der Waals surface area contributed by atoms with Crippen LogP contribution in [0, 0.1) is 21.8 Å². The molecule has 0 aliphatic carbocycles. The Balaban J connectivity index is 0.000000324. The van der Waals surface area contributed by atoms with E-state index < -0.39 is 23.8 Å². The molecule has 0 bridgehead atoms. The summed E-state index contributed by atoms with van der Waals surface area (Å²) < 4.78 is 0. The van der Waals surface area contributed by atoms with Gasteiger partial charge in [-0.1, -0.05) is 170 Å². The summed E-state index contributed by atoms with van der Waals surface area (Å²) in [5.41, 5.74) is 3.40. The van der Waals surface area contributed by atoms with Gasteiger partial charge in [-0.05, 0) is 89.5 Å². The van der Waals surface area contributed by atoms with Gasteiger partial charge in [0.25, 0.3) is 0 Å². The van der Waals surface area contributed by atoms with Crippen LogP contribution in [0.4, 0.5) is 0 Å². The molecule has 10 rings (SSSR count). The third-order valence-electron chi connectivity index (χ3n) is 9.98. The van der Waals surface area contributed by atoms with E-state index >= 15 is 0 Å². The van der Waals surface area contributed by atoms with E-state index in [0.29, 0.717) is 0 Å². The van der Waals surface area contributed by atoms with E-state index in [1.165, 1.54) is 42.6 Å². The molecular formula is C62H60Cl2Cu2N2P3-. The maximum absolute atomic E-state index is 4.76. The minimum atomic E-state index is -0.988. The summed E-state index contributed by atoms with van der Waals surface area (Å²) in [6.07, 6.45) is 3.75. The fraction of sp³-hybridized carbons (Fsp3) is 0.0161. The molecule has 8 aromatic carbocycles. The first-order chi connectivity index (χ1) is 33.2. The topological polar surface area (TPSA) is 25.8 Å². The molecular weight excluding hydrogens is 1060 g/mol. The molecule has 10 aromatic rings. The van der Waals surface area contributed by atoms with Gasteiger partial charge in [-0.3, -0.25) is 4.98 Å². The Kier molecular flexibility index (Phi) is 32.0. The van der Waals surface area contributed by atoms with Crippen molar-refractivity contribution in [2.24, 2.45) is 0 Å². The summed E-state index contributed by atoms with van der Waals surface area (Å²) in [5.74, 6) is 0. The molecule has 0 aliphatic heterocycles. The van der Waals surface area contributed by atoms with Crippen LogP contribution in [0.25, 0.3) is 0 Å². The van der Waals surface area contributed by atoms with Crippen LogP contribution in [-0.2, 0) is 34.1 Å². The van der Waals surface area contributed by atoms with Crippen LogP contribution in [0.2, 0.25) is 0 Å². The van der Waals surface area contributed by atoms with E-state index in [4.69, 9.17) is 23.2 Å². The van der Waals surface area contributed by atoms with Gasteiger partial charge in [0.1, 0.15) is 34.4 Å². The van der Waals surface area contributed by atoms with Gasteiger partial charge in [-0.25, -0.2) is 4.98 Å². The second-order valence-electron chi connectivity index (χ2n) is 14.6. The van der Waals surface area contributed by atoms with Gasteiger partial charge in [0.15, 0.2) is 5.44 Å². The van der Waals surface area contributed by atoms with Crippen molar-refractivity contribution in [2.75, 3.05) is 5.34 Å². The van der Waals surface area contributed by atoms with Crippen molar-refractivity contribution in [3.63, 3.8) is 0 Å². The molecule has 0 fully saturated rings. The molecule has 0 N–H and O–H groups in total. The second-order valence-corrected chi connectivity index (χ2v) is 22.4. The van der Waals surface area contributed by atoms with Crippen LogP contribution in [0.3, 0.4) is 0 Å². The van der Waals surface area contributed by atoms with E-state index in [0.717, 1.165) is 11.0 Å². The molecule has 0 saturated carbocycles. The normalized spacial score (nSPS) is 9.59. The monoisotopic (exact) mass is 1120 g/mol. The van der Waals surface area contributed by atoms with E-state index in [-0.39, 0.29) is 54.3 Å². The Labute approximate surface area is 459 Å². The Morgan fingerprint density at radius 1 is 0.338 bits per heavy atom. The van der Waals surface area contributed by atoms with Gasteiger partial charge < -0.3 is 14.9 Å². The van der Waals surface area contributed by atoms with Crippen molar-refractivity contribution in [3.05, 3.63) is 319 Å². The van der Waals surface area contributed by atoms with Gasteiger partial charge >= 0.3 is 0 Å². The molecule has 2 aromatic heterocycles. The first-order valence-electron chi connectivity index (χ1n) is 21.9. The second kappa shape index (κ2) is 36.7. The minimum Gasteiger partial charge on any atom is -0.358 e. The molecule has 0 spiro atoms. The average molecular weight is 1120 g/mol. The summed E-state index contributed by atoms with van der Waals surface area (Å²) >= 11 is 9.53. The summed E-state index contributed by atoms with van der Waals surface area (Å²) in [5, 5.41) is 9.92. The fourth-order valence-electron chi connectivity index (χ4n) is 7.03. The number of alkyl halides is 2. The number of aromatic nitrogens is 2. The zero-order chi connectivity index (χ0) is 46.6. The van der Waals surface area contributed by atoms with Crippen LogP contribution in [0.1, 0.15) is 5.56 Å². The zero-order valence-corrected chi connectivity index (χ0v) is 46.1. The molecule has 2 nitrogen and oxygen atoms in total. The molecule has 0 saturated heterocycles. The molecule has 2 radical (unpaired) electrons. The minimum absolute atomic E-state index is 0. The van der Waals surface area contributed by atoms with Crippen molar-refractivity contribution in [1.82, 2.24) is 9.97 Å². The molecule has 0 aliphatic rings. The zero-order valence-electron chi connectivity index (χ0n) is 39.8. The van der Waals surface area contributed by atoms with Gasteiger partial charge in [0.2, 0.25) is 0 Å². The molecule has 0 unspecified atom stereocenters. The van der Waals surface area contributed by atoms with Crippen LogP contribution >= 0.6 is 47.0 Å². The smallest absolute Gasteiger partial charge is 0.190 e. The van der Waals surface area contributed by atoms with Crippen LogP contribution < -0.4 is 48.0 Å². The van der Waals surface area contributed by atoms with Crippen LogP contribution in [0.5, 0.6) is 0 Å². The van der Waals surface area contributed by atoms with Gasteiger partial charge in [-0.15, -0.1) is 35.3 Å². The molecule has 71 heavy (non-hydrogen) atoms. The number of nitrogens with zero attached hydrogens (tertiary/aromatic N) is 2. The Morgan fingerprint density at radius 2 is 0.606 bits per heavy atom. The number of hydrogen-bond acceptors (Lipinski definition) is 2. The molecule has 9 heteroatoms. The first-order valence-corrected chi connectivity index (χ1v) is 27.3. The van der Waals surface area contributed by atoms with Crippen molar-refractivity contribution in [3.8, 4) is 0 Å². The standard InChI is InChI=1S/C18H15P.2C17H14NP.C7H7.CH2Cl2.2CH3.2Cu/c1-4-10-16(11-5-1)19(17-12-6-2-7-13-17)18-14-8-3-9-15-18;2*1-3-9-15(10-4-1)19(16-11-5-2-6-12-16)17-13-7-8-14-18-17;1-7-5-3-2-4-6-7;2-1-3;;;;/h1-15H;2*1-14H;2-6H,1H2;1H2;2*1H3;;/q;;;-1;;2*-1;;/p+2. The maximum atomic E-state index is 4.76. The maximum Gasteiger partial charge on any atom is 0.190 e. The molecule has 2 heterocycles. The van der Waals surface area contributed by atoms with Crippen molar-refractivity contribution >= 4 is 95.0 Å². The first kappa shape index (κ1) is 62.0. The largest absolute Gasteiger partial charge is 0.358 e.